The number of H-pyrrole nitrogens is 1. The number of hydrogen-bond donors (Lipinski definition) is 2. The number of carbonyl (C=O) groups excluding carboxylic acids is 1. The molecule has 0 unspecified atom stereocenters. The molecule has 0 bridgehead atoms. The summed E-state index contributed by atoms with van der Waals surface area (Å²) < 4.78 is 18.7. The number of benzene rings is 1. The van der Waals surface area contributed by atoms with E-state index in [1.807, 2.05) is 6.92 Å². The third kappa shape index (κ3) is 3.32. The first-order chi connectivity index (χ1) is 9.22. The zero-order valence-corrected chi connectivity index (χ0v) is 10.8. The van der Waals surface area contributed by atoms with Crippen molar-refractivity contribution in [1.29, 1.82) is 0 Å². The van der Waals surface area contributed by atoms with Crippen molar-refractivity contribution in [2.45, 2.75) is 13.3 Å². The minimum atomic E-state index is -0.329. The number of halogens is 1. The summed E-state index contributed by atoms with van der Waals surface area (Å²) in [5.41, 5.74) is 0.996. The molecule has 5 heteroatoms. The summed E-state index contributed by atoms with van der Waals surface area (Å²) >= 11 is 0. The second kappa shape index (κ2) is 6.33. The Morgan fingerprint density at radius 2 is 2.32 bits per heavy atom. The fraction of sp³-hybridized carbons (Fsp3) is 0.357. The maximum atomic E-state index is 13.5. The second-order valence-corrected chi connectivity index (χ2v) is 4.19. The Morgan fingerprint density at radius 1 is 1.47 bits per heavy atom. The molecule has 0 spiro atoms. The number of ether oxygens (including phenoxy) is 1. The predicted molar refractivity (Wildman–Crippen MR) is 71.7 cm³/mol. The number of nitrogens with one attached hydrogen (secondary N) is 2. The third-order valence-corrected chi connectivity index (χ3v) is 2.81. The minimum Gasteiger partial charge on any atom is -0.382 e. The van der Waals surface area contributed by atoms with Crippen LogP contribution in [0.25, 0.3) is 10.9 Å². The van der Waals surface area contributed by atoms with Crippen LogP contribution in [0.5, 0.6) is 0 Å². The molecule has 1 heterocycles. The molecule has 4 nitrogen and oxygen atoms in total. The number of fused-ring (bicyclic) bond motifs is 1. The van der Waals surface area contributed by atoms with Crippen molar-refractivity contribution in [3.8, 4) is 0 Å². The molecule has 0 aliphatic heterocycles. The average Bonchev–Trinajstić information content (AvgIpc) is 2.84. The van der Waals surface area contributed by atoms with Gasteiger partial charge in [-0.3, -0.25) is 4.79 Å². The Hall–Kier alpha value is -1.88. The van der Waals surface area contributed by atoms with Crippen LogP contribution in [-0.4, -0.2) is 30.6 Å². The van der Waals surface area contributed by atoms with Gasteiger partial charge in [-0.2, -0.15) is 0 Å². The lowest BCUT2D eigenvalue weighted by atomic mass is 10.2. The SMILES string of the molecule is CCOCCCNC(=O)c1cc2c(F)cccc2[nH]1. The van der Waals surface area contributed by atoms with Crippen LogP contribution in [0.1, 0.15) is 23.8 Å². The molecule has 0 fully saturated rings. The van der Waals surface area contributed by atoms with E-state index in [0.717, 1.165) is 6.42 Å². The fourth-order valence-electron chi connectivity index (χ4n) is 1.86. The van der Waals surface area contributed by atoms with E-state index in [0.29, 0.717) is 36.4 Å². The highest BCUT2D eigenvalue weighted by Crippen LogP contribution is 2.18. The molecule has 0 saturated heterocycles. The van der Waals surface area contributed by atoms with Gasteiger partial charge in [-0.1, -0.05) is 6.07 Å². The molecule has 2 rings (SSSR count). The Bertz CT molecular complexity index is 566. The summed E-state index contributed by atoms with van der Waals surface area (Å²) in [6.45, 7) is 3.77. The highest BCUT2D eigenvalue weighted by atomic mass is 19.1. The van der Waals surface area contributed by atoms with Crippen LogP contribution in [-0.2, 0) is 4.74 Å². The Morgan fingerprint density at radius 3 is 3.05 bits per heavy atom. The maximum Gasteiger partial charge on any atom is 0.267 e. The normalized spacial score (nSPS) is 10.8. The van der Waals surface area contributed by atoms with E-state index < -0.39 is 0 Å². The standard InChI is InChI=1S/C14H17FN2O2/c1-2-19-8-4-7-16-14(18)13-9-10-11(15)5-3-6-12(10)17-13/h3,5-6,9,17H,2,4,7-8H2,1H3,(H,16,18). The molecule has 2 aromatic rings. The van der Waals surface area contributed by atoms with E-state index in [1.165, 1.54) is 12.1 Å². The zero-order chi connectivity index (χ0) is 13.7. The summed E-state index contributed by atoms with van der Waals surface area (Å²) in [5.74, 6) is -0.559. The number of hydrogen-bond acceptors (Lipinski definition) is 2. The molecule has 2 N–H and O–H groups in total. The molecule has 0 aliphatic rings. The van der Waals surface area contributed by atoms with E-state index in [1.54, 1.807) is 12.1 Å². The lowest BCUT2D eigenvalue weighted by Crippen LogP contribution is -2.25. The first kappa shape index (κ1) is 13.5. The topological polar surface area (TPSA) is 54.1 Å². The minimum absolute atomic E-state index is 0.230. The van der Waals surface area contributed by atoms with Gasteiger partial charge < -0.3 is 15.0 Å². The van der Waals surface area contributed by atoms with Gasteiger partial charge >= 0.3 is 0 Å². The summed E-state index contributed by atoms with van der Waals surface area (Å²) in [5, 5.41) is 3.20. The number of rotatable bonds is 6. The molecule has 0 atom stereocenters. The Labute approximate surface area is 111 Å². The summed E-state index contributed by atoms with van der Waals surface area (Å²) in [6.07, 6.45) is 0.758. The number of aromatic amines is 1. The predicted octanol–water partition coefficient (Wildman–Crippen LogP) is 2.46. The third-order valence-electron chi connectivity index (χ3n) is 2.81. The van der Waals surface area contributed by atoms with Crippen LogP contribution in [0.4, 0.5) is 4.39 Å². The van der Waals surface area contributed by atoms with Crippen LogP contribution in [0.2, 0.25) is 0 Å². The van der Waals surface area contributed by atoms with Crippen molar-refractivity contribution in [3.63, 3.8) is 0 Å². The second-order valence-electron chi connectivity index (χ2n) is 4.19. The Balaban J connectivity index is 1.96. The van der Waals surface area contributed by atoms with E-state index in [-0.39, 0.29) is 11.7 Å². The van der Waals surface area contributed by atoms with Crippen LogP contribution in [0.15, 0.2) is 24.3 Å². The van der Waals surface area contributed by atoms with Gasteiger partial charge in [-0.15, -0.1) is 0 Å². The molecule has 0 aliphatic carbocycles. The molecule has 0 saturated carbocycles. The molecule has 1 aromatic carbocycles. The van der Waals surface area contributed by atoms with Crippen molar-refractivity contribution in [2.24, 2.45) is 0 Å². The van der Waals surface area contributed by atoms with Gasteiger partial charge in [0.1, 0.15) is 11.5 Å². The molecule has 1 aromatic heterocycles. The smallest absolute Gasteiger partial charge is 0.267 e. The van der Waals surface area contributed by atoms with E-state index >= 15 is 0 Å². The van der Waals surface area contributed by atoms with Gasteiger partial charge in [0.05, 0.1) is 0 Å². The van der Waals surface area contributed by atoms with Crippen LogP contribution >= 0.6 is 0 Å². The molecule has 102 valence electrons. The highest BCUT2D eigenvalue weighted by molar-refractivity contribution is 5.98. The average molecular weight is 264 g/mol. The lowest BCUT2D eigenvalue weighted by molar-refractivity contribution is 0.0940. The highest BCUT2D eigenvalue weighted by Gasteiger charge is 2.10. The molecular formula is C14H17FN2O2. The van der Waals surface area contributed by atoms with Gasteiger partial charge in [-0.05, 0) is 31.5 Å². The zero-order valence-electron chi connectivity index (χ0n) is 10.8. The van der Waals surface area contributed by atoms with Crippen molar-refractivity contribution >= 4 is 16.8 Å². The van der Waals surface area contributed by atoms with Crippen molar-refractivity contribution in [1.82, 2.24) is 10.3 Å². The molecular weight excluding hydrogens is 247 g/mol. The van der Waals surface area contributed by atoms with Gasteiger partial charge in [0.15, 0.2) is 0 Å². The fourth-order valence-corrected chi connectivity index (χ4v) is 1.86. The first-order valence-electron chi connectivity index (χ1n) is 6.35. The van der Waals surface area contributed by atoms with Gasteiger partial charge in [-0.25, -0.2) is 4.39 Å². The van der Waals surface area contributed by atoms with E-state index in [2.05, 4.69) is 10.3 Å². The van der Waals surface area contributed by atoms with Crippen LogP contribution in [0, 0.1) is 5.82 Å². The number of aromatic nitrogens is 1. The molecule has 0 radical (unpaired) electrons. The van der Waals surface area contributed by atoms with Crippen LogP contribution in [0.3, 0.4) is 0 Å². The molecule has 19 heavy (non-hydrogen) atoms. The lowest BCUT2D eigenvalue weighted by Gasteiger charge is -2.03. The maximum absolute atomic E-state index is 13.5. The Kier molecular flexibility index (Phi) is 4.52. The van der Waals surface area contributed by atoms with Gasteiger partial charge in [0, 0.05) is 30.7 Å². The largest absolute Gasteiger partial charge is 0.382 e. The van der Waals surface area contributed by atoms with E-state index in [9.17, 15) is 9.18 Å². The first-order valence-corrected chi connectivity index (χ1v) is 6.35. The quantitative estimate of drug-likeness (QED) is 0.787. The number of amides is 1. The van der Waals surface area contributed by atoms with Crippen LogP contribution < -0.4 is 5.32 Å². The summed E-state index contributed by atoms with van der Waals surface area (Å²) in [4.78, 5) is 14.8. The monoisotopic (exact) mass is 264 g/mol. The van der Waals surface area contributed by atoms with Crippen molar-refractivity contribution in [3.05, 3.63) is 35.8 Å². The van der Waals surface area contributed by atoms with E-state index in [4.69, 9.17) is 4.74 Å². The number of carbonyl (C=O) groups is 1. The summed E-state index contributed by atoms with van der Waals surface area (Å²) in [6, 6.07) is 6.25. The van der Waals surface area contributed by atoms with Crippen molar-refractivity contribution in [2.75, 3.05) is 19.8 Å². The van der Waals surface area contributed by atoms with Gasteiger partial charge in [0.25, 0.3) is 5.91 Å². The molecule has 1 amide bonds. The van der Waals surface area contributed by atoms with Gasteiger partial charge in [0.2, 0.25) is 0 Å². The summed E-state index contributed by atoms with van der Waals surface area (Å²) in [7, 11) is 0. The van der Waals surface area contributed by atoms with Crippen molar-refractivity contribution < 1.29 is 13.9 Å².